The fourth-order valence-corrected chi connectivity index (χ4v) is 2.38. The third-order valence-corrected chi connectivity index (χ3v) is 3.42. The highest BCUT2D eigenvalue weighted by Gasteiger charge is 2.16. The topological polar surface area (TPSA) is 34.1 Å². The summed E-state index contributed by atoms with van der Waals surface area (Å²) in [5.74, 6) is 0. The molecule has 0 amide bonds. The molecule has 0 atom stereocenters. The smallest absolute Gasteiger partial charge is 0.189 e. The molecule has 0 saturated heterocycles. The minimum absolute atomic E-state index is 0.210. The van der Waals surface area contributed by atoms with Gasteiger partial charge in [-0.1, -0.05) is 6.07 Å². The van der Waals surface area contributed by atoms with Crippen molar-refractivity contribution in [1.82, 2.24) is 0 Å². The van der Waals surface area contributed by atoms with Gasteiger partial charge in [0.1, 0.15) is 0 Å². The van der Waals surface area contributed by atoms with Gasteiger partial charge >= 0.3 is 10.2 Å². The molecule has 0 spiro atoms. The van der Waals surface area contributed by atoms with Crippen molar-refractivity contribution in [3.8, 4) is 0 Å². The fourth-order valence-electron chi connectivity index (χ4n) is 1.86. The number of hydrogen-bond donors (Lipinski definition) is 0. The van der Waals surface area contributed by atoms with Crippen LogP contribution >= 0.6 is 0 Å². The Morgan fingerprint density at radius 1 is 1.07 bits per heavy atom. The summed E-state index contributed by atoms with van der Waals surface area (Å²) in [5.41, 5.74) is 2.14. The first kappa shape index (κ1) is 9.65. The van der Waals surface area contributed by atoms with Gasteiger partial charge in [-0.3, -0.25) is 0 Å². The second-order valence-electron chi connectivity index (χ2n) is 3.58. The van der Waals surface area contributed by atoms with Crippen LogP contribution in [0, 0.1) is 0 Å². The highest BCUT2D eigenvalue weighted by Crippen LogP contribution is 2.24. The predicted octanol–water partition coefficient (Wildman–Crippen LogP) is 2.22. The van der Waals surface area contributed by atoms with Crippen LogP contribution in [-0.4, -0.2) is 8.42 Å². The summed E-state index contributed by atoms with van der Waals surface area (Å²) in [6, 6.07) is 4.53. The summed E-state index contributed by atoms with van der Waals surface area (Å²) in [6.45, 7) is 0. The Labute approximate surface area is 83.0 Å². The van der Waals surface area contributed by atoms with Crippen LogP contribution in [0.4, 0.5) is 3.89 Å². The average Bonchev–Trinajstić information content (AvgIpc) is 2.16. The third-order valence-electron chi connectivity index (χ3n) is 2.60. The largest absolute Gasteiger partial charge is 0.332 e. The Bertz CT molecular complexity index is 451. The molecule has 1 aromatic rings. The quantitative estimate of drug-likeness (QED) is 0.672. The predicted molar refractivity (Wildman–Crippen MR) is 51.4 cm³/mol. The summed E-state index contributed by atoms with van der Waals surface area (Å²) < 4.78 is 34.0. The van der Waals surface area contributed by atoms with E-state index in [1.54, 1.807) is 6.07 Å². The number of benzene rings is 1. The molecule has 1 aliphatic carbocycles. The molecule has 0 aromatic heterocycles. The maximum absolute atomic E-state index is 12.7. The molecule has 76 valence electrons. The lowest BCUT2D eigenvalue weighted by Gasteiger charge is -2.15. The van der Waals surface area contributed by atoms with Crippen LogP contribution < -0.4 is 0 Å². The highest BCUT2D eigenvalue weighted by atomic mass is 32.3. The second-order valence-corrected chi connectivity index (χ2v) is 4.92. The van der Waals surface area contributed by atoms with Crippen molar-refractivity contribution in [2.75, 3.05) is 0 Å². The lowest BCUT2D eigenvalue weighted by atomic mass is 9.92. The minimum Gasteiger partial charge on any atom is -0.189 e. The molecule has 0 heterocycles. The fraction of sp³-hybridized carbons (Fsp3) is 0.400. The highest BCUT2D eigenvalue weighted by molar-refractivity contribution is 7.86. The van der Waals surface area contributed by atoms with Gasteiger partial charge in [-0.2, -0.15) is 8.42 Å². The number of fused-ring (bicyclic) bond motifs is 1. The van der Waals surface area contributed by atoms with E-state index in [0.717, 1.165) is 36.8 Å². The van der Waals surface area contributed by atoms with Crippen LogP contribution in [0.5, 0.6) is 0 Å². The maximum atomic E-state index is 12.7. The molecule has 2 rings (SSSR count). The Hall–Kier alpha value is -0.900. The van der Waals surface area contributed by atoms with Gasteiger partial charge < -0.3 is 0 Å². The number of aryl methyl sites for hydroxylation is 2. The molecule has 1 aromatic carbocycles. The van der Waals surface area contributed by atoms with E-state index in [1.165, 1.54) is 12.1 Å². The van der Waals surface area contributed by atoms with Gasteiger partial charge in [0.15, 0.2) is 0 Å². The maximum Gasteiger partial charge on any atom is 0.332 e. The molecular weight excluding hydrogens is 203 g/mol. The van der Waals surface area contributed by atoms with Gasteiger partial charge in [0.25, 0.3) is 0 Å². The van der Waals surface area contributed by atoms with Crippen molar-refractivity contribution in [3.63, 3.8) is 0 Å². The number of hydrogen-bond acceptors (Lipinski definition) is 2. The van der Waals surface area contributed by atoms with Gasteiger partial charge in [-0.05, 0) is 48.9 Å². The van der Waals surface area contributed by atoms with Crippen LogP contribution in [0.25, 0.3) is 0 Å². The van der Waals surface area contributed by atoms with E-state index in [1.807, 2.05) is 0 Å². The van der Waals surface area contributed by atoms with Gasteiger partial charge in [0.2, 0.25) is 0 Å². The molecule has 0 unspecified atom stereocenters. The van der Waals surface area contributed by atoms with Crippen molar-refractivity contribution in [3.05, 3.63) is 29.3 Å². The molecule has 2 nitrogen and oxygen atoms in total. The van der Waals surface area contributed by atoms with Gasteiger partial charge in [-0.25, -0.2) is 0 Å². The van der Waals surface area contributed by atoms with Crippen molar-refractivity contribution < 1.29 is 12.3 Å². The van der Waals surface area contributed by atoms with Crippen molar-refractivity contribution >= 4 is 10.2 Å². The standard InChI is InChI=1S/C10H11FO2S/c11-14(12,13)10-6-5-8-3-1-2-4-9(8)7-10/h5-7H,1-4H2. The van der Waals surface area contributed by atoms with Crippen LogP contribution in [0.1, 0.15) is 24.0 Å². The van der Waals surface area contributed by atoms with Gasteiger partial charge in [0.05, 0.1) is 4.90 Å². The monoisotopic (exact) mass is 214 g/mol. The second kappa shape index (κ2) is 3.35. The van der Waals surface area contributed by atoms with Crippen LogP contribution in [0.3, 0.4) is 0 Å². The van der Waals surface area contributed by atoms with Crippen LogP contribution in [0.2, 0.25) is 0 Å². The molecule has 1 aliphatic rings. The van der Waals surface area contributed by atoms with Gasteiger partial charge in [0, 0.05) is 0 Å². The summed E-state index contributed by atoms with van der Waals surface area (Å²) in [6.07, 6.45) is 4.03. The van der Waals surface area contributed by atoms with Crippen molar-refractivity contribution in [2.45, 2.75) is 30.6 Å². The molecular formula is C10H11FO2S. The van der Waals surface area contributed by atoms with E-state index in [4.69, 9.17) is 0 Å². The Balaban J connectivity index is 2.49. The first-order valence-corrected chi connectivity index (χ1v) is 6.02. The van der Waals surface area contributed by atoms with E-state index in [9.17, 15) is 12.3 Å². The first-order chi connectivity index (χ1) is 6.57. The Morgan fingerprint density at radius 2 is 1.71 bits per heavy atom. The molecule has 0 radical (unpaired) electrons. The number of halogens is 1. The van der Waals surface area contributed by atoms with Crippen molar-refractivity contribution in [2.24, 2.45) is 0 Å². The summed E-state index contributed by atoms with van der Waals surface area (Å²) >= 11 is 0. The van der Waals surface area contributed by atoms with E-state index < -0.39 is 10.2 Å². The van der Waals surface area contributed by atoms with E-state index in [0.29, 0.717) is 0 Å². The van der Waals surface area contributed by atoms with E-state index in [-0.39, 0.29) is 4.90 Å². The van der Waals surface area contributed by atoms with Gasteiger partial charge in [-0.15, -0.1) is 3.89 Å². The lowest BCUT2D eigenvalue weighted by Crippen LogP contribution is -2.04. The zero-order chi connectivity index (χ0) is 10.2. The summed E-state index contributed by atoms with van der Waals surface area (Å²) in [7, 11) is -4.54. The summed E-state index contributed by atoms with van der Waals surface area (Å²) in [5, 5.41) is 0. The van der Waals surface area contributed by atoms with E-state index >= 15 is 0 Å². The van der Waals surface area contributed by atoms with Crippen LogP contribution in [0.15, 0.2) is 23.1 Å². The average molecular weight is 214 g/mol. The van der Waals surface area contributed by atoms with Crippen molar-refractivity contribution in [1.29, 1.82) is 0 Å². The minimum atomic E-state index is -4.54. The first-order valence-electron chi connectivity index (χ1n) is 4.64. The summed E-state index contributed by atoms with van der Waals surface area (Å²) in [4.78, 5) is -0.210. The zero-order valence-electron chi connectivity index (χ0n) is 7.66. The molecule has 0 fully saturated rings. The Kier molecular flexibility index (Phi) is 2.31. The zero-order valence-corrected chi connectivity index (χ0v) is 8.48. The third kappa shape index (κ3) is 1.80. The molecule has 0 N–H and O–H groups in total. The SMILES string of the molecule is O=S(=O)(F)c1ccc2c(c1)CCCC2. The molecule has 0 saturated carbocycles. The molecule has 14 heavy (non-hydrogen) atoms. The molecule has 4 heteroatoms. The Morgan fingerprint density at radius 3 is 2.36 bits per heavy atom. The van der Waals surface area contributed by atoms with E-state index in [2.05, 4.69) is 0 Å². The lowest BCUT2D eigenvalue weighted by molar-refractivity contribution is 0.551. The normalized spacial score (nSPS) is 16.4. The molecule has 0 bridgehead atoms. The molecule has 0 aliphatic heterocycles. The van der Waals surface area contributed by atoms with Crippen LogP contribution in [-0.2, 0) is 23.1 Å². The number of rotatable bonds is 1.